The zero-order valence-electron chi connectivity index (χ0n) is 14.6. The maximum atomic E-state index is 11.8. The van der Waals surface area contributed by atoms with Gasteiger partial charge in [0.25, 0.3) is 0 Å². The van der Waals surface area contributed by atoms with Crippen molar-refractivity contribution in [2.24, 2.45) is 5.92 Å². The van der Waals surface area contributed by atoms with Gasteiger partial charge in [-0.1, -0.05) is 11.6 Å². The van der Waals surface area contributed by atoms with Gasteiger partial charge >= 0.3 is 5.97 Å². The Morgan fingerprint density at radius 1 is 1.24 bits per heavy atom. The standard InChI is InChI=1S/C18H22ClNO5/c1-11-9-14(19)6-7-16(11)24-8-4-5-17(23)25-10-15(22)18(12(2)20)13(3)21/h6-7,9,18,20H,4-5,8,10H2,1-3H3/t18-/m1/s1. The van der Waals surface area contributed by atoms with Gasteiger partial charge in [0.05, 0.1) is 6.61 Å². The van der Waals surface area contributed by atoms with Crippen LogP contribution >= 0.6 is 11.6 Å². The number of nitrogens with one attached hydrogen (secondary N) is 1. The van der Waals surface area contributed by atoms with Gasteiger partial charge in [-0.3, -0.25) is 14.4 Å². The number of hydrogen-bond donors (Lipinski definition) is 1. The van der Waals surface area contributed by atoms with Crippen molar-refractivity contribution >= 4 is 34.8 Å². The van der Waals surface area contributed by atoms with E-state index in [4.69, 9.17) is 26.5 Å². The van der Waals surface area contributed by atoms with Crippen molar-refractivity contribution in [2.45, 2.75) is 33.6 Å². The van der Waals surface area contributed by atoms with E-state index in [-0.39, 0.29) is 12.1 Å². The molecule has 0 spiro atoms. The Morgan fingerprint density at radius 3 is 2.48 bits per heavy atom. The summed E-state index contributed by atoms with van der Waals surface area (Å²) in [5.74, 6) is -2.00. The molecule has 1 rings (SSSR count). The van der Waals surface area contributed by atoms with Gasteiger partial charge in [0.1, 0.15) is 17.5 Å². The zero-order valence-corrected chi connectivity index (χ0v) is 15.3. The first-order chi connectivity index (χ1) is 11.7. The fourth-order valence-electron chi connectivity index (χ4n) is 2.25. The lowest BCUT2D eigenvalue weighted by Gasteiger charge is -2.12. The van der Waals surface area contributed by atoms with E-state index in [1.165, 1.54) is 13.8 Å². The summed E-state index contributed by atoms with van der Waals surface area (Å²) in [6.45, 7) is 4.30. The van der Waals surface area contributed by atoms with Crippen molar-refractivity contribution in [3.05, 3.63) is 28.8 Å². The van der Waals surface area contributed by atoms with E-state index < -0.39 is 30.1 Å². The first-order valence-electron chi connectivity index (χ1n) is 7.85. The van der Waals surface area contributed by atoms with Crippen LogP contribution in [0.25, 0.3) is 0 Å². The van der Waals surface area contributed by atoms with Gasteiger partial charge in [0.2, 0.25) is 0 Å². The summed E-state index contributed by atoms with van der Waals surface area (Å²) in [6, 6.07) is 5.27. The predicted molar refractivity (Wildman–Crippen MR) is 94.5 cm³/mol. The van der Waals surface area contributed by atoms with E-state index in [2.05, 4.69) is 0 Å². The van der Waals surface area contributed by atoms with Gasteiger partial charge in [-0.15, -0.1) is 0 Å². The highest BCUT2D eigenvalue weighted by Crippen LogP contribution is 2.21. The summed E-state index contributed by atoms with van der Waals surface area (Å²) >= 11 is 5.86. The maximum absolute atomic E-state index is 11.8. The van der Waals surface area contributed by atoms with Crippen LogP contribution in [0.2, 0.25) is 5.02 Å². The van der Waals surface area contributed by atoms with Crippen LogP contribution in [0, 0.1) is 18.3 Å². The third kappa shape index (κ3) is 7.05. The van der Waals surface area contributed by atoms with Crippen molar-refractivity contribution in [3.8, 4) is 5.75 Å². The van der Waals surface area contributed by atoms with Crippen LogP contribution in [-0.2, 0) is 19.1 Å². The maximum Gasteiger partial charge on any atom is 0.306 e. The highest BCUT2D eigenvalue weighted by Gasteiger charge is 2.26. The molecule has 0 aliphatic carbocycles. The molecule has 7 heteroatoms. The molecular weight excluding hydrogens is 346 g/mol. The monoisotopic (exact) mass is 367 g/mol. The molecule has 0 unspecified atom stereocenters. The summed E-state index contributed by atoms with van der Waals surface area (Å²) in [7, 11) is 0. The summed E-state index contributed by atoms with van der Waals surface area (Å²) < 4.78 is 10.4. The Balaban J connectivity index is 2.32. The molecule has 0 radical (unpaired) electrons. The normalized spacial score (nSPS) is 11.5. The SMILES string of the molecule is CC(=N)[C@H](C(C)=O)C(=O)COC(=O)CCCOc1ccc(Cl)cc1C. The molecule has 0 bridgehead atoms. The molecule has 0 aliphatic rings. The van der Waals surface area contributed by atoms with Crippen molar-refractivity contribution in [1.82, 2.24) is 0 Å². The predicted octanol–water partition coefficient (Wildman–Crippen LogP) is 3.16. The molecule has 0 amide bonds. The van der Waals surface area contributed by atoms with Crippen molar-refractivity contribution in [3.63, 3.8) is 0 Å². The highest BCUT2D eigenvalue weighted by atomic mass is 35.5. The van der Waals surface area contributed by atoms with Gasteiger partial charge < -0.3 is 14.9 Å². The van der Waals surface area contributed by atoms with Gasteiger partial charge in [0, 0.05) is 17.2 Å². The number of aryl methyl sites for hydroxylation is 1. The number of halogens is 1. The average Bonchev–Trinajstić information content (AvgIpc) is 2.50. The van der Waals surface area contributed by atoms with Crippen molar-refractivity contribution in [1.29, 1.82) is 5.41 Å². The van der Waals surface area contributed by atoms with Crippen molar-refractivity contribution < 1.29 is 23.9 Å². The van der Waals surface area contributed by atoms with Gasteiger partial charge in [0.15, 0.2) is 12.4 Å². The number of esters is 1. The van der Waals surface area contributed by atoms with Crippen LogP contribution in [0.5, 0.6) is 5.75 Å². The minimum atomic E-state index is -1.14. The summed E-state index contributed by atoms with van der Waals surface area (Å²) in [5, 5.41) is 8.07. The van der Waals surface area contributed by atoms with E-state index in [9.17, 15) is 14.4 Å². The van der Waals surface area contributed by atoms with Crippen LogP contribution < -0.4 is 4.74 Å². The van der Waals surface area contributed by atoms with E-state index in [1.54, 1.807) is 18.2 Å². The quantitative estimate of drug-likeness (QED) is 0.297. The van der Waals surface area contributed by atoms with Gasteiger partial charge in [-0.05, 0) is 51.0 Å². The number of Topliss-reactive ketones (excluding diaryl/α,β-unsaturated/α-hetero) is 2. The summed E-state index contributed by atoms with van der Waals surface area (Å²) in [6.07, 6.45) is 0.517. The second-order valence-electron chi connectivity index (χ2n) is 5.72. The van der Waals surface area contributed by atoms with Crippen LogP contribution in [0.3, 0.4) is 0 Å². The van der Waals surface area contributed by atoms with Crippen LogP contribution in [0.1, 0.15) is 32.3 Å². The molecule has 0 saturated heterocycles. The molecule has 0 saturated carbocycles. The fraction of sp³-hybridized carbons (Fsp3) is 0.444. The van der Waals surface area contributed by atoms with E-state index in [1.807, 2.05) is 6.92 Å². The minimum Gasteiger partial charge on any atom is -0.493 e. The second-order valence-corrected chi connectivity index (χ2v) is 6.15. The topological polar surface area (TPSA) is 93.5 Å². The average molecular weight is 368 g/mol. The summed E-state index contributed by atoms with van der Waals surface area (Å²) in [5.41, 5.74) is 0.846. The Kier molecular flexibility index (Phi) is 8.28. The first kappa shape index (κ1) is 20.8. The molecule has 0 aliphatic heterocycles. The molecule has 25 heavy (non-hydrogen) atoms. The molecule has 136 valence electrons. The minimum absolute atomic E-state index is 0.0553. The Morgan fingerprint density at radius 2 is 1.92 bits per heavy atom. The number of carbonyl (C=O) groups excluding carboxylic acids is 3. The third-order valence-electron chi connectivity index (χ3n) is 3.46. The lowest BCUT2D eigenvalue weighted by atomic mass is 9.95. The molecule has 0 fully saturated rings. The fourth-order valence-corrected chi connectivity index (χ4v) is 2.48. The smallest absolute Gasteiger partial charge is 0.306 e. The molecule has 1 N–H and O–H groups in total. The first-order valence-corrected chi connectivity index (χ1v) is 8.23. The number of ketones is 2. The molecule has 1 aromatic carbocycles. The van der Waals surface area contributed by atoms with Crippen LogP contribution in [0.15, 0.2) is 18.2 Å². The molecule has 1 atom stereocenters. The summed E-state index contributed by atoms with van der Waals surface area (Å²) in [4.78, 5) is 34.8. The zero-order chi connectivity index (χ0) is 19.0. The van der Waals surface area contributed by atoms with Gasteiger partial charge in [-0.25, -0.2) is 0 Å². The highest BCUT2D eigenvalue weighted by molar-refractivity contribution is 6.30. The Labute approximate surface area is 152 Å². The number of rotatable bonds is 10. The van der Waals surface area contributed by atoms with Crippen LogP contribution in [0.4, 0.5) is 0 Å². The van der Waals surface area contributed by atoms with Gasteiger partial charge in [-0.2, -0.15) is 0 Å². The molecule has 0 heterocycles. The van der Waals surface area contributed by atoms with Crippen molar-refractivity contribution in [2.75, 3.05) is 13.2 Å². The Hall–Kier alpha value is -2.21. The molecule has 6 nitrogen and oxygen atoms in total. The van der Waals surface area contributed by atoms with E-state index in [0.717, 1.165) is 5.56 Å². The second kappa shape index (κ2) is 9.93. The molecular formula is C18H22ClNO5. The lowest BCUT2D eigenvalue weighted by molar-refractivity contribution is -0.149. The molecule has 0 aromatic heterocycles. The van der Waals surface area contributed by atoms with Crippen LogP contribution in [-0.4, -0.2) is 36.5 Å². The largest absolute Gasteiger partial charge is 0.493 e. The molecule has 1 aromatic rings. The Bertz CT molecular complexity index is 657. The van der Waals surface area contributed by atoms with E-state index >= 15 is 0 Å². The number of carbonyl (C=O) groups is 3. The number of benzene rings is 1. The number of ether oxygens (including phenoxy) is 2. The third-order valence-corrected chi connectivity index (χ3v) is 3.69. The lowest BCUT2D eigenvalue weighted by Crippen LogP contribution is -2.32. The number of hydrogen-bond acceptors (Lipinski definition) is 6. The van der Waals surface area contributed by atoms with E-state index in [0.29, 0.717) is 23.8 Å².